The molecular formula is C8H10N2OS. The number of methoxy groups -OCH3 is 1. The highest BCUT2D eigenvalue weighted by Crippen LogP contribution is 2.18. The molecule has 0 atom stereocenters. The fourth-order valence-corrected chi connectivity index (χ4v) is 1.68. The Labute approximate surface area is 75.6 Å². The molecule has 0 N–H and O–H groups in total. The van der Waals surface area contributed by atoms with Crippen LogP contribution in [0.4, 0.5) is 0 Å². The van der Waals surface area contributed by atoms with Crippen molar-refractivity contribution in [2.24, 2.45) is 0 Å². The van der Waals surface area contributed by atoms with Crippen LogP contribution in [0.25, 0.3) is 0 Å². The summed E-state index contributed by atoms with van der Waals surface area (Å²) in [5, 5.41) is 9.72. The first-order valence-electron chi connectivity index (χ1n) is 3.69. The molecule has 12 heavy (non-hydrogen) atoms. The van der Waals surface area contributed by atoms with E-state index in [1.165, 1.54) is 11.3 Å². The molecule has 0 amide bonds. The maximum Gasteiger partial charge on any atom is 0.130 e. The smallest absolute Gasteiger partial charge is 0.130 e. The zero-order chi connectivity index (χ0) is 8.97. The summed E-state index contributed by atoms with van der Waals surface area (Å²) in [4.78, 5) is 4.94. The molecule has 1 aromatic rings. The normalized spacial score (nSPS) is 9.75. The Hall–Kier alpha value is -0.920. The molecule has 0 aliphatic carbocycles. The van der Waals surface area contributed by atoms with E-state index in [2.05, 4.69) is 11.1 Å². The number of thiazole rings is 1. The lowest BCUT2D eigenvalue weighted by Gasteiger charge is -1.91. The van der Waals surface area contributed by atoms with E-state index in [9.17, 15) is 0 Å². The zero-order valence-electron chi connectivity index (χ0n) is 7.13. The molecule has 64 valence electrons. The number of rotatable bonds is 3. The Morgan fingerprint density at radius 1 is 1.67 bits per heavy atom. The minimum absolute atomic E-state index is 0.430. The molecular weight excluding hydrogens is 172 g/mol. The summed E-state index contributed by atoms with van der Waals surface area (Å²) in [7, 11) is 1.60. The van der Waals surface area contributed by atoms with E-state index in [0.29, 0.717) is 11.5 Å². The van der Waals surface area contributed by atoms with Gasteiger partial charge >= 0.3 is 0 Å². The summed E-state index contributed by atoms with van der Waals surface area (Å²) in [6.45, 7) is 2.45. The number of ether oxygens (including phenoxy) is 1. The standard InChI is InChI=1S/C8H10N2OS/c1-3-8-10-6(5-11-2)7(4-9)12-8/h3,5H2,1-2H3. The number of nitrogens with zero attached hydrogens (tertiary/aromatic N) is 2. The summed E-state index contributed by atoms with van der Waals surface area (Å²) in [6, 6.07) is 2.11. The van der Waals surface area contributed by atoms with Crippen molar-refractivity contribution in [3.63, 3.8) is 0 Å². The van der Waals surface area contributed by atoms with Crippen LogP contribution in [0.3, 0.4) is 0 Å². The van der Waals surface area contributed by atoms with Crippen molar-refractivity contribution < 1.29 is 4.74 Å². The molecule has 1 aromatic heterocycles. The second kappa shape index (κ2) is 4.19. The van der Waals surface area contributed by atoms with Gasteiger partial charge in [0.05, 0.1) is 17.3 Å². The average molecular weight is 182 g/mol. The Kier molecular flexibility index (Phi) is 3.20. The van der Waals surface area contributed by atoms with Crippen LogP contribution in [-0.4, -0.2) is 12.1 Å². The van der Waals surface area contributed by atoms with E-state index < -0.39 is 0 Å². The van der Waals surface area contributed by atoms with Crippen molar-refractivity contribution >= 4 is 11.3 Å². The Balaban J connectivity index is 2.93. The lowest BCUT2D eigenvalue weighted by molar-refractivity contribution is 0.181. The average Bonchev–Trinajstić information content (AvgIpc) is 2.48. The van der Waals surface area contributed by atoms with Gasteiger partial charge in [-0.3, -0.25) is 0 Å². The number of aromatic nitrogens is 1. The largest absolute Gasteiger partial charge is 0.378 e. The second-order valence-electron chi connectivity index (χ2n) is 2.28. The number of nitriles is 1. The molecule has 1 heterocycles. The van der Waals surface area contributed by atoms with Crippen LogP contribution in [-0.2, 0) is 17.8 Å². The van der Waals surface area contributed by atoms with E-state index in [4.69, 9.17) is 10.00 Å². The topological polar surface area (TPSA) is 45.9 Å². The van der Waals surface area contributed by atoms with Crippen molar-refractivity contribution in [1.82, 2.24) is 4.98 Å². The Morgan fingerprint density at radius 2 is 2.42 bits per heavy atom. The lowest BCUT2D eigenvalue weighted by Crippen LogP contribution is -1.90. The van der Waals surface area contributed by atoms with E-state index >= 15 is 0 Å². The summed E-state index contributed by atoms with van der Waals surface area (Å²) >= 11 is 1.45. The first kappa shape index (κ1) is 9.17. The third-order valence-corrected chi connectivity index (χ3v) is 2.57. The molecule has 0 saturated carbocycles. The van der Waals surface area contributed by atoms with Gasteiger partial charge in [0, 0.05) is 7.11 Å². The number of hydrogen-bond acceptors (Lipinski definition) is 4. The molecule has 3 nitrogen and oxygen atoms in total. The Morgan fingerprint density at radius 3 is 2.92 bits per heavy atom. The fraction of sp³-hybridized carbons (Fsp3) is 0.500. The molecule has 0 radical (unpaired) electrons. The Bertz CT molecular complexity index is 300. The van der Waals surface area contributed by atoms with Crippen molar-refractivity contribution in [3.05, 3.63) is 15.6 Å². The molecule has 0 aliphatic heterocycles. The second-order valence-corrected chi connectivity index (χ2v) is 3.37. The zero-order valence-corrected chi connectivity index (χ0v) is 7.94. The molecule has 0 bridgehead atoms. The van der Waals surface area contributed by atoms with Gasteiger partial charge in [-0.1, -0.05) is 6.92 Å². The van der Waals surface area contributed by atoms with Gasteiger partial charge in [0.1, 0.15) is 10.9 Å². The highest BCUT2D eigenvalue weighted by Gasteiger charge is 2.08. The third-order valence-electron chi connectivity index (χ3n) is 1.43. The van der Waals surface area contributed by atoms with Crippen LogP contribution in [0, 0.1) is 11.3 Å². The monoisotopic (exact) mass is 182 g/mol. The van der Waals surface area contributed by atoms with Crippen LogP contribution < -0.4 is 0 Å². The van der Waals surface area contributed by atoms with Gasteiger partial charge in [-0.25, -0.2) is 4.98 Å². The summed E-state index contributed by atoms with van der Waals surface area (Å²) < 4.78 is 4.92. The van der Waals surface area contributed by atoms with Crippen molar-refractivity contribution in [1.29, 1.82) is 5.26 Å². The van der Waals surface area contributed by atoms with Crippen LogP contribution in [0.1, 0.15) is 22.5 Å². The summed E-state index contributed by atoms with van der Waals surface area (Å²) in [5.74, 6) is 0. The number of hydrogen-bond donors (Lipinski definition) is 0. The van der Waals surface area contributed by atoms with Crippen LogP contribution in [0.5, 0.6) is 0 Å². The van der Waals surface area contributed by atoms with Crippen LogP contribution in [0.15, 0.2) is 0 Å². The van der Waals surface area contributed by atoms with Gasteiger partial charge in [-0.05, 0) is 6.42 Å². The first-order chi connectivity index (χ1) is 5.81. The lowest BCUT2D eigenvalue weighted by atomic mass is 10.4. The summed E-state index contributed by atoms with van der Waals surface area (Å²) in [5.41, 5.74) is 0.766. The molecule has 0 fully saturated rings. The molecule has 0 aliphatic rings. The van der Waals surface area contributed by atoms with E-state index in [1.807, 2.05) is 6.92 Å². The molecule has 4 heteroatoms. The van der Waals surface area contributed by atoms with Gasteiger partial charge in [0.2, 0.25) is 0 Å². The van der Waals surface area contributed by atoms with Gasteiger partial charge in [-0.2, -0.15) is 5.26 Å². The molecule has 0 aromatic carbocycles. The van der Waals surface area contributed by atoms with Gasteiger partial charge in [0.25, 0.3) is 0 Å². The highest BCUT2D eigenvalue weighted by molar-refractivity contribution is 7.12. The highest BCUT2D eigenvalue weighted by atomic mass is 32.1. The third kappa shape index (κ3) is 1.81. The van der Waals surface area contributed by atoms with Crippen LogP contribution in [0.2, 0.25) is 0 Å². The predicted octanol–water partition coefficient (Wildman–Crippen LogP) is 1.72. The predicted molar refractivity (Wildman–Crippen MR) is 46.9 cm³/mol. The van der Waals surface area contributed by atoms with E-state index in [-0.39, 0.29) is 0 Å². The van der Waals surface area contributed by atoms with Crippen molar-refractivity contribution in [3.8, 4) is 6.07 Å². The maximum absolute atomic E-state index is 8.72. The minimum Gasteiger partial charge on any atom is -0.378 e. The van der Waals surface area contributed by atoms with Gasteiger partial charge in [-0.15, -0.1) is 11.3 Å². The fourth-order valence-electron chi connectivity index (χ4n) is 0.874. The van der Waals surface area contributed by atoms with Gasteiger partial charge in [0.15, 0.2) is 0 Å². The number of aryl methyl sites for hydroxylation is 1. The SMILES string of the molecule is CCc1nc(COC)c(C#N)s1. The first-order valence-corrected chi connectivity index (χ1v) is 4.51. The van der Waals surface area contributed by atoms with E-state index in [1.54, 1.807) is 7.11 Å². The van der Waals surface area contributed by atoms with Crippen LogP contribution >= 0.6 is 11.3 Å². The molecule has 0 saturated heterocycles. The van der Waals surface area contributed by atoms with Crippen molar-refractivity contribution in [2.45, 2.75) is 20.0 Å². The quantitative estimate of drug-likeness (QED) is 0.715. The minimum atomic E-state index is 0.430. The van der Waals surface area contributed by atoms with Crippen molar-refractivity contribution in [2.75, 3.05) is 7.11 Å². The molecule has 0 unspecified atom stereocenters. The molecule has 0 spiro atoms. The van der Waals surface area contributed by atoms with Gasteiger partial charge < -0.3 is 4.74 Å². The maximum atomic E-state index is 8.72. The summed E-state index contributed by atoms with van der Waals surface area (Å²) in [6.07, 6.45) is 0.878. The van der Waals surface area contributed by atoms with E-state index in [0.717, 1.165) is 17.1 Å². The molecule has 1 rings (SSSR count).